The molecule has 280 valence electrons. The number of nitrogens with zero attached hydrogens (tertiary/aromatic N) is 3. The lowest BCUT2D eigenvalue weighted by Crippen LogP contribution is -2.68. The van der Waals surface area contributed by atoms with E-state index in [2.05, 4.69) is 227 Å². The molecule has 0 bridgehead atoms. The molecule has 0 N–H and O–H groups in total. The van der Waals surface area contributed by atoms with Crippen LogP contribution in [0.2, 0.25) is 0 Å². The predicted molar refractivity (Wildman–Crippen MR) is 260 cm³/mol. The van der Waals surface area contributed by atoms with E-state index in [-0.39, 0.29) is 13.4 Å². The molecule has 3 nitrogen and oxygen atoms in total. The highest BCUT2D eigenvalue weighted by atomic mass is 15.2. The van der Waals surface area contributed by atoms with Gasteiger partial charge in [0.05, 0.1) is 5.69 Å². The highest BCUT2D eigenvalue weighted by Gasteiger charge is 2.51. The van der Waals surface area contributed by atoms with Crippen molar-refractivity contribution in [3.63, 3.8) is 0 Å². The topological polar surface area (TPSA) is 9.72 Å². The fourth-order valence-corrected chi connectivity index (χ4v) is 11.5. The van der Waals surface area contributed by atoms with Crippen LogP contribution in [0, 0.1) is 0 Å². The Hall–Kier alpha value is -7.75. The molecule has 0 unspecified atom stereocenters. The number of rotatable bonds is 3. The Kier molecular flexibility index (Phi) is 6.73. The molecule has 0 saturated carbocycles. The van der Waals surface area contributed by atoms with Crippen LogP contribution < -0.4 is 47.5 Å². The van der Waals surface area contributed by atoms with E-state index in [1.807, 2.05) is 0 Å². The van der Waals surface area contributed by atoms with Crippen LogP contribution >= 0.6 is 0 Å². The Morgan fingerprint density at radius 2 is 0.721 bits per heavy atom. The van der Waals surface area contributed by atoms with Crippen LogP contribution in [0.1, 0.15) is 0 Å². The summed E-state index contributed by atoms with van der Waals surface area (Å²) in [5.74, 6) is 0. The first-order chi connectivity index (χ1) is 30.3. The van der Waals surface area contributed by atoms with Crippen LogP contribution in [0.5, 0.6) is 0 Å². The lowest BCUT2D eigenvalue weighted by molar-refractivity contribution is 1.23. The maximum atomic E-state index is 2.61. The van der Waals surface area contributed by atoms with E-state index in [1.54, 1.807) is 0 Å². The Bertz CT molecular complexity index is 3470. The van der Waals surface area contributed by atoms with E-state index < -0.39 is 0 Å². The third-order valence-electron chi connectivity index (χ3n) is 13.8. The second kappa shape index (κ2) is 12.4. The van der Waals surface area contributed by atoms with Crippen molar-refractivity contribution in [1.82, 2.24) is 0 Å². The number of benzene rings is 10. The molecule has 10 aromatic rings. The van der Waals surface area contributed by atoms with Gasteiger partial charge in [-0.3, -0.25) is 0 Å². The Balaban J connectivity index is 1.14. The SMILES string of the molecule is c1ccc(N2c3ccccc3B3c4ccccc4N4c5ccccc5B5c6ccccc6N(c6ccccc6-c6cc7ccccc7c7ccccc67)c6cc2c3c4c65)cc1. The third kappa shape index (κ3) is 4.40. The Morgan fingerprint density at radius 3 is 1.34 bits per heavy atom. The van der Waals surface area contributed by atoms with Crippen molar-refractivity contribution in [2.24, 2.45) is 0 Å². The van der Waals surface area contributed by atoms with Crippen LogP contribution in [0.25, 0.3) is 32.7 Å². The summed E-state index contributed by atoms with van der Waals surface area (Å²) in [6, 6.07) is 79.3. The van der Waals surface area contributed by atoms with Gasteiger partial charge in [0.15, 0.2) is 0 Å². The first kappa shape index (κ1) is 33.1. The lowest BCUT2D eigenvalue weighted by Gasteiger charge is -2.51. The van der Waals surface area contributed by atoms with Crippen molar-refractivity contribution in [3.05, 3.63) is 212 Å². The van der Waals surface area contributed by atoms with E-state index in [9.17, 15) is 0 Å². The molecule has 0 saturated heterocycles. The molecule has 10 aromatic carbocycles. The van der Waals surface area contributed by atoms with Crippen LogP contribution in [0.4, 0.5) is 51.2 Å². The molecule has 4 aliphatic rings. The summed E-state index contributed by atoms with van der Waals surface area (Å²) in [6.07, 6.45) is 0. The fraction of sp³-hybridized carbons (Fsp3) is 0. The van der Waals surface area contributed by atoms with E-state index in [0.29, 0.717) is 0 Å². The van der Waals surface area contributed by atoms with Gasteiger partial charge in [-0.2, -0.15) is 0 Å². The summed E-state index contributed by atoms with van der Waals surface area (Å²) in [5, 5.41) is 5.04. The maximum absolute atomic E-state index is 2.61. The van der Waals surface area contributed by atoms with Gasteiger partial charge in [0.1, 0.15) is 0 Å². The van der Waals surface area contributed by atoms with Gasteiger partial charge in [-0.05, 0) is 114 Å². The molecule has 4 heterocycles. The van der Waals surface area contributed by atoms with Crippen molar-refractivity contribution in [3.8, 4) is 11.1 Å². The van der Waals surface area contributed by atoms with Gasteiger partial charge in [-0.1, -0.05) is 158 Å². The highest BCUT2D eigenvalue weighted by Crippen LogP contribution is 2.51. The molecule has 0 aliphatic carbocycles. The number of para-hydroxylation sites is 6. The van der Waals surface area contributed by atoms with Gasteiger partial charge in [0.2, 0.25) is 0 Å². The van der Waals surface area contributed by atoms with Gasteiger partial charge in [-0.15, -0.1) is 0 Å². The molecular formula is C56H35B2N3. The Morgan fingerprint density at radius 1 is 0.279 bits per heavy atom. The summed E-state index contributed by atoms with van der Waals surface area (Å²) in [5.41, 5.74) is 21.5. The monoisotopic (exact) mass is 771 g/mol. The molecule has 0 amide bonds. The summed E-state index contributed by atoms with van der Waals surface area (Å²) in [4.78, 5) is 7.74. The zero-order valence-corrected chi connectivity index (χ0v) is 33.2. The van der Waals surface area contributed by atoms with Gasteiger partial charge < -0.3 is 14.7 Å². The molecule has 0 atom stereocenters. The minimum atomic E-state index is 0.0390. The molecule has 0 radical (unpaired) electrons. The van der Waals surface area contributed by atoms with Crippen molar-refractivity contribution in [1.29, 1.82) is 0 Å². The molecule has 5 heteroatoms. The summed E-state index contributed by atoms with van der Waals surface area (Å²) >= 11 is 0. The first-order valence-corrected chi connectivity index (χ1v) is 21.4. The fourth-order valence-electron chi connectivity index (χ4n) is 11.5. The van der Waals surface area contributed by atoms with Crippen molar-refractivity contribution in [2.75, 3.05) is 14.7 Å². The molecule has 0 aromatic heterocycles. The van der Waals surface area contributed by atoms with Crippen molar-refractivity contribution >= 4 is 119 Å². The minimum absolute atomic E-state index is 0.0390. The number of hydrogen-bond donors (Lipinski definition) is 0. The molecule has 4 aliphatic heterocycles. The van der Waals surface area contributed by atoms with Gasteiger partial charge in [-0.25, -0.2) is 0 Å². The van der Waals surface area contributed by atoms with Crippen molar-refractivity contribution in [2.45, 2.75) is 0 Å². The predicted octanol–water partition coefficient (Wildman–Crippen LogP) is 10.4. The van der Waals surface area contributed by atoms with Crippen LogP contribution in [0.3, 0.4) is 0 Å². The smallest absolute Gasteiger partial charge is 0.252 e. The molecule has 0 fully saturated rings. The third-order valence-corrected chi connectivity index (χ3v) is 13.8. The normalized spacial score (nSPS) is 13.7. The molecule has 0 spiro atoms. The van der Waals surface area contributed by atoms with Crippen LogP contribution in [-0.4, -0.2) is 13.4 Å². The standard InChI is InChI=1S/C56H35B2N3/c1-2-19-37(20-3-1)59-48-30-14-9-25-43(48)57-45-27-11-16-32-50(45)61-51-33-17-12-28-46(51)58-44-26-10-15-31-49(44)60(53-35-52(59)54(57)56(61)55(53)58)47-29-13-8-24-41(47)42-34-36-18-4-5-21-38(36)39-22-6-7-23-40(39)42/h1-35H. The van der Waals surface area contributed by atoms with E-state index in [1.165, 1.54) is 105 Å². The minimum Gasteiger partial charge on any atom is -0.312 e. The van der Waals surface area contributed by atoms with E-state index in [4.69, 9.17) is 0 Å². The molecule has 14 rings (SSSR count). The van der Waals surface area contributed by atoms with Crippen molar-refractivity contribution < 1.29 is 0 Å². The van der Waals surface area contributed by atoms with Gasteiger partial charge in [0.25, 0.3) is 13.4 Å². The van der Waals surface area contributed by atoms with Gasteiger partial charge >= 0.3 is 0 Å². The number of anilines is 9. The number of hydrogen-bond acceptors (Lipinski definition) is 3. The second-order valence-corrected chi connectivity index (χ2v) is 16.7. The Labute approximate surface area is 355 Å². The van der Waals surface area contributed by atoms with E-state index in [0.717, 1.165) is 11.4 Å². The highest BCUT2D eigenvalue weighted by molar-refractivity contribution is 7.04. The zero-order valence-electron chi connectivity index (χ0n) is 33.2. The van der Waals surface area contributed by atoms with Crippen LogP contribution in [0.15, 0.2) is 212 Å². The summed E-state index contributed by atoms with van der Waals surface area (Å²) in [7, 11) is 0. The maximum Gasteiger partial charge on any atom is 0.252 e. The largest absolute Gasteiger partial charge is 0.312 e. The second-order valence-electron chi connectivity index (χ2n) is 16.7. The number of fused-ring (bicyclic) bond motifs is 13. The van der Waals surface area contributed by atoms with Gasteiger partial charge in [0, 0.05) is 51.1 Å². The molecular weight excluding hydrogens is 736 g/mol. The summed E-state index contributed by atoms with van der Waals surface area (Å²) < 4.78 is 0. The average Bonchev–Trinajstić information content (AvgIpc) is 3.33. The first-order valence-electron chi connectivity index (χ1n) is 21.4. The zero-order chi connectivity index (χ0) is 39.8. The quantitative estimate of drug-likeness (QED) is 0.131. The average molecular weight is 772 g/mol. The summed E-state index contributed by atoms with van der Waals surface area (Å²) in [6.45, 7) is 0.101. The van der Waals surface area contributed by atoms with Crippen LogP contribution in [-0.2, 0) is 0 Å². The lowest BCUT2D eigenvalue weighted by atomic mass is 9.29. The van der Waals surface area contributed by atoms with E-state index >= 15 is 0 Å². The molecule has 61 heavy (non-hydrogen) atoms.